The Morgan fingerprint density at radius 1 is 1.42 bits per heavy atom. The Kier molecular flexibility index (Phi) is 2.81. The molecular formula is C15H18N2O2. The molecule has 0 spiro atoms. The van der Waals surface area contributed by atoms with Crippen LogP contribution in [0.2, 0.25) is 0 Å². The molecule has 0 atom stereocenters. The molecule has 2 aromatic rings. The Morgan fingerprint density at radius 3 is 2.84 bits per heavy atom. The summed E-state index contributed by atoms with van der Waals surface area (Å²) < 4.78 is 7.16. The third-order valence-electron chi connectivity index (χ3n) is 4.17. The topological polar surface area (TPSA) is 44.1 Å². The number of methoxy groups -OCH3 is 1. The van der Waals surface area contributed by atoms with E-state index in [9.17, 15) is 4.79 Å². The van der Waals surface area contributed by atoms with E-state index in [0.717, 1.165) is 42.4 Å². The van der Waals surface area contributed by atoms with Crippen LogP contribution < -0.4 is 0 Å². The van der Waals surface area contributed by atoms with E-state index in [0.29, 0.717) is 0 Å². The molecule has 0 amide bonds. The van der Waals surface area contributed by atoms with Crippen molar-refractivity contribution < 1.29 is 9.53 Å². The van der Waals surface area contributed by atoms with Gasteiger partial charge in [-0.2, -0.15) is 0 Å². The zero-order valence-electron chi connectivity index (χ0n) is 11.3. The minimum Gasteiger partial charge on any atom is -0.467 e. The van der Waals surface area contributed by atoms with Crippen molar-refractivity contribution in [3.05, 3.63) is 30.1 Å². The van der Waals surface area contributed by atoms with Gasteiger partial charge in [0.15, 0.2) is 0 Å². The van der Waals surface area contributed by atoms with Crippen LogP contribution in [-0.2, 0) is 15.1 Å². The molecule has 0 aromatic carbocycles. The van der Waals surface area contributed by atoms with Crippen LogP contribution in [0.15, 0.2) is 24.4 Å². The molecule has 2 aromatic heterocycles. The highest BCUT2D eigenvalue weighted by molar-refractivity contribution is 5.85. The van der Waals surface area contributed by atoms with Crippen molar-refractivity contribution in [2.75, 3.05) is 7.11 Å². The Hall–Kier alpha value is -1.84. The lowest BCUT2D eigenvalue weighted by atomic mass is 9.97. The third-order valence-corrected chi connectivity index (χ3v) is 4.17. The highest BCUT2D eigenvalue weighted by atomic mass is 16.5. The first-order chi connectivity index (χ1) is 9.19. The van der Waals surface area contributed by atoms with Gasteiger partial charge in [-0.3, -0.25) is 0 Å². The maximum absolute atomic E-state index is 12.4. The van der Waals surface area contributed by atoms with Crippen molar-refractivity contribution in [3.8, 4) is 0 Å². The lowest BCUT2D eigenvalue weighted by Crippen LogP contribution is -2.41. The van der Waals surface area contributed by atoms with Gasteiger partial charge in [-0.25, -0.2) is 9.78 Å². The second-order valence-electron chi connectivity index (χ2n) is 5.27. The summed E-state index contributed by atoms with van der Waals surface area (Å²) in [5.41, 5.74) is 1.39. The monoisotopic (exact) mass is 258 g/mol. The van der Waals surface area contributed by atoms with Gasteiger partial charge in [0.1, 0.15) is 11.2 Å². The number of nitrogens with zero attached hydrogens (tertiary/aromatic N) is 2. The summed E-state index contributed by atoms with van der Waals surface area (Å²) >= 11 is 0. The number of hydrogen-bond donors (Lipinski definition) is 0. The predicted molar refractivity (Wildman–Crippen MR) is 72.9 cm³/mol. The highest BCUT2D eigenvalue weighted by Crippen LogP contribution is 2.40. The summed E-state index contributed by atoms with van der Waals surface area (Å²) in [7, 11) is 1.47. The van der Waals surface area contributed by atoms with Gasteiger partial charge < -0.3 is 9.30 Å². The average Bonchev–Trinajstić information content (AvgIpc) is 3.01. The second-order valence-corrected chi connectivity index (χ2v) is 5.27. The van der Waals surface area contributed by atoms with Crippen LogP contribution in [0.3, 0.4) is 0 Å². The number of aromatic nitrogens is 2. The Balaban J connectivity index is 2.26. The van der Waals surface area contributed by atoms with Gasteiger partial charge in [0.25, 0.3) is 0 Å². The maximum atomic E-state index is 12.4. The molecule has 100 valence electrons. The number of ether oxygens (including phenoxy) is 1. The Morgan fingerprint density at radius 2 is 2.16 bits per heavy atom. The van der Waals surface area contributed by atoms with Gasteiger partial charge in [-0.1, -0.05) is 12.8 Å². The van der Waals surface area contributed by atoms with Gasteiger partial charge in [-0.05, 0) is 38.0 Å². The van der Waals surface area contributed by atoms with E-state index < -0.39 is 5.54 Å². The van der Waals surface area contributed by atoms with Gasteiger partial charge >= 0.3 is 5.97 Å². The van der Waals surface area contributed by atoms with E-state index in [4.69, 9.17) is 4.74 Å². The smallest absolute Gasteiger partial charge is 0.332 e. The van der Waals surface area contributed by atoms with Crippen LogP contribution in [0.4, 0.5) is 0 Å². The van der Waals surface area contributed by atoms with Gasteiger partial charge in [0.05, 0.1) is 7.11 Å². The van der Waals surface area contributed by atoms with Gasteiger partial charge in [-0.15, -0.1) is 0 Å². The lowest BCUT2D eigenvalue weighted by molar-refractivity contribution is -0.151. The number of carbonyl (C=O) groups is 1. The summed E-state index contributed by atoms with van der Waals surface area (Å²) in [4.78, 5) is 16.8. The molecule has 0 bridgehead atoms. The average molecular weight is 258 g/mol. The zero-order valence-corrected chi connectivity index (χ0v) is 11.3. The Labute approximate surface area is 112 Å². The number of fused-ring (bicyclic) bond motifs is 1. The molecule has 19 heavy (non-hydrogen) atoms. The van der Waals surface area contributed by atoms with Crippen LogP contribution in [0.25, 0.3) is 11.0 Å². The van der Waals surface area contributed by atoms with E-state index in [1.54, 1.807) is 6.20 Å². The minimum absolute atomic E-state index is 0.142. The van der Waals surface area contributed by atoms with E-state index in [1.165, 1.54) is 7.11 Å². The fourth-order valence-corrected chi connectivity index (χ4v) is 3.37. The molecule has 1 aliphatic rings. The Bertz CT molecular complexity index is 624. The minimum atomic E-state index is -0.561. The van der Waals surface area contributed by atoms with Crippen molar-refractivity contribution in [3.63, 3.8) is 0 Å². The summed E-state index contributed by atoms with van der Waals surface area (Å²) in [5, 5.41) is 1.08. The first kappa shape index (κ1) is 12.2. The fourth-order valence-electron chi connectivity index (χ4n) is 3.37. The molecule has 4 nitrogen and oxygen atoms in total. The molecule has 0 N–H and O–H groups in total. The number of pyridine rings is 1. The van der Waals surface area contributed by atoms with Crippen molar-refractivity contribution in [1.82, 2.24) is 9.55 Å². The zero-order chi connectivity index (χ0) is 13.5. The van der Waals surface area contributed by atoms with Crippen LogP contribution in [0.1, 0.15) is 31.4 Å². The van der Waals surface area contributed by atoms with E-state index >= 15 is 0 Å². The quantitative estimate of drug-likeness (QED) is 0.778. The number of aryl methyl sites for hydroxylation is 1. The molecule has 2 heterocycles. The summed E-state index contributed by atoms with van der Waals surface area (Å²) in [6.07, 6.45) is 5.56. The fraction of sp³-hybridized carbons (Fsp3) is 0.467. The van der Waals surface area contributed by atoms with Gasteiger partial charge in [0, 0.05) is 17.3 Å². The van der Waals surface area contributed by atoms with E-state index in [-0.39, 0.29) is 5.97 Å². The number of carbonyl (C=O) groups excluding carboxylic acids is 1. The maximum Gasteiger partial charge on any atom is 0.332 e. The molecule has 1 aliphatic carbocycles. The van der Waals surface area contributed by atoms with Crippen LogP contribution in [0, 0.1) is 6.92 Å². The van der Waals surface area contributed by atoms with E-state index in [2.05, 4.69) is 15.6 Å². The van der Waals surface area contributed by atoms with Crippen molar-refractivity contribution >= 4 is 17.0 Å². The third kappa shape index (κ3) is 1.66. The first-order valence-electron chi connectivity index (χ1n) is 6.71. The highest BCUT2D eigenvalue weighted by Gasteiger charge is 2.45. The summed E-state index contributed by atoms with van der Waals surface area (Å²) in [6, 6.07) is 6.04. The standard InChI is InChI=1S/C15H18N2O2/c1-11-10-12-6-5-9-16-13(12)17(11)15(14(18)19-2)7-3-4-8-15/h5-6,9-10H,3-4,7-8H2,1-2H3. The summed E-state index contributed by atoms with van der Waals surface area (Å²) in [5.74, 6) is -0.142. The normalized spacial score (nSPS) is 17.8. The van der Waals surface area contributed by atoms with Crippen molar-refractivity contribution in [2.24, 2.45) is 0 Å². The van der Waals surface area contributed by atoms with Crippen molar-refractivity contribution in [2.45, 2.75) is 38.1 Å². The molecule has 0 aliphatic heterocycles. The molecule has 0 saturated heterocycles. The van der Waals surface area contributed by atoms with E-state index in [1.807, 2.05) is 19.1 Å². The molecule has 4 heteroatoms. The van der Waals surface area contributed by atoms with Crippen molar-refractivity contribution in [1.29, 1.82) is 0 Å². The second kappa shape index (κ2) is 4.37. The van der Waals surface area contributed by atoms with Crippen LogP contribution in [0.5, 0.6) is 0 Å². The predicted octanol–water partition coefficient (Wildman–Crippen LogP) is 2.79. The largest absolute Gasteiger partial charge is 0.467 e. The number of rotatable bonds is 2. The molecule has 0 radical (unpaired) electrons. The first-order valence-corrected chi connectivity index (χ1v) is 6.71. The molecule has 0 unspecified atom stereocenters. The van der Waals surface area contributed by atoms with Crippen LogP contribution in [-0.4, -0.2) is 22.6 Å². The lowest BCUT2D eigenvalue weighted by Gasteiger charge is -2.29. The SMILES string of the molecule is COC(=O)C1(n2c(C)cc3cccnc32)CCCC1. The van der Waals surface area contributed by atoms with Gasteiger partial charge in [0.2, 0.25) is 0 Å². The molecular weight excluding hydrogens is 240 g/mol. The number of hydrogen-bond acceptors (Lipinski definition) is 3. The molecule has 1 fully saturated rings. The molecule has 1 saturated carbocycles. The molecule has 3 rings (SSSR count). The number of esters is 1. The summed E-state index contributed by atoms with van der Waals surface area (Å²) in [6.45, 7) is 2.03. The van der Waals surface area contributed by atoms with Crippen LogP contribution >= 0.6 is 0 Å².